The molecule has 128 valence electrons. The zero-order valence-corrected chi connectivity index (χ0v) is 14.4. The van der Waals surface area contributed by atoms with E-state index in [0.29, 0.717) is 0 Å². The summed E-state index contributed by atoms with van der Waals surface area (Å²) in [5, 5.41) is 0. The lowest BCUT2D eigenvalue weighted by Crippen LogP contribution is -2.37. The minimum Gasteiger partial charge on any atom is -0.342 e. The SMILES string of the molecule is C=CC(=O)N1CCC2(CCN(C(=O)C(C)Cc3ccccc3)C2)C1. The van der Waals surface area contributed by atoms with Gasteiger partial charge < -0.3 is 9.80 Å². The number of benzene rings is 1. The van der Waals surface area contributed by atoms with E-state index in [1.165, 1.54) is 11.6 Å². The van der Waals surface area contributed by atoms with Gasteiger partial charge in [0, 0.05) is 37.5 Å². The second kappa shape index (κ2) is 6.80. The predicted octanol–water partition coefficient (Wildman–Crippen LogP) is 2.50. The standard InChI is InChI=1S/C20H26N2O2/c1-3-18(23)21-11-9-20(14-21)10-12-22(15-20)19(24)16(2)13-17-7-5-4-6-8-17/h3-8,16H,1,9-15H2,2H3. The van der Waals surface area contributed by atoms with Crippen LogP contribution in [-0.2, 0) is 16.0 Å². The number of rotatable bonds is 4. The molecule has 0 saturated carbocycles. The Morgan fingerprint density at radius 1 is 1.17 bits per heavy atom. The van der Waals surface area contributed by atoms with Crippen LogP contribution in [0.25, 0.3) is 0 Å². The topological polar surface area (TPSA) is 40.6 Å². The van der Waals surface area contributed by atoms with Crippen molar-refractivity contribution in [3.63, 3.8) is 0 Å². The zero-order valence-electron chi connectivity index (χ0n) is 14.4. The third-order valence-corrected chi connectivity index (χ3v) is 5.48. The zero-order chi connectivity index (χ0) is 17.2. The monoisotopic (exact) mass is 326 g/mol. The van der Waals surface area contributed by atoms with E-state index in [-0.39, 0.29) is 23.1 Å². The van der Waals surface area contributed by atoms with Gasteiger partial charge in [-0.1, -0.05) is 43.8 Å². The van der Waals surface area contributed by atoms with Crippen LogP contribution in [0.3, 0.4) is 0 Å². The molecule has 3 rings (SSSR count). The third kappa shape index (κ3) is 3.37. The molecule has 0 aromatic heterocycles. The van der Waals surface area contributed by atoms with Crippen molar-refractivity contribution in [3.8, 4) is 0 Å². The summed E-state index contributed by atoms with van der Waals surface area (Å²) in [4.78, 5) is 28.5. The number of hydrogen-bond donors (Lipinski definition) is 0. The van der Waals surface area contributed by atoms with Gasteiger partial charge in [-0.25, -0.2) is 0 Å². The summed E-state index contributed by atoms with van der Waals surface area (Å²) in [6, 6.07) is 10.2. The van der Waals surface area contributed by atoms with Gasteiger partial charge in [-0.15, -0.1) is 0 Å². The highest BCUT2D eigenvalue weighted by molar-refractivity contribution is 5.87. The van der Waals surface area contributed by atoms with Gasteiger partial charge in [0.25, 0.3) is 0 Å². The maximum Gasteiger partial charge on any atom is 0.245 e. The van der Waals surface area contributed by atoms with E-state index in [9.17, 15) is 9.59 Å². The fraction of sp³-hybridized carbons (Fsp3) is 0.500. The highest BCUT2D eigenvalue weighted by Gasteiger charge is 2.45. The van der Waals surface area contributed by atoms with Gasteiger partial charge in [-0.2, -0.15) is 0 Å². The van der Waals surface area contributed by atoms with E-state index in [1.54, 1.807) is 0 Å². The molecule has 2 aliphatic rings. The molecule has 0 bridgehead atoms. The van der Waals surface area contributed by atoms with E-state index in [0.717, 1.165) is 45.4 Å². The van der Waals surface area contributed by atoms with E-state index >= 15 is 0 Å². The fourth-order valence-electron chi connectivity index (χ4n) is 4.08. The lowest BCUT2D eigenvalue weighted by Gasteiger charge is -2.26. The van der Waals surface area contributed by atoms with Crippen LogP contribution < -0.4 is 0 Å². The van der Waals surface area contributed by atoms with Crippen molar-refractivity contribution in [2.45, 2.75) is 26.2 Å². The van der Waals surface area contributed by atoms with Crippen molar-refractivity contribution in [1.82, 2.24) is 9.80 Å². The molecule has 2 aliphatic heterocycles. The molecule has 2 saturated heterocycles. The molecule has 2 heterocycles. The second-order valence-corrected chi connectivity index (χ2v) is 7.31. The molecule has 4 nitrogen and oxygen atoms in total. The van der Waals surface area contributed by atoms with Gasteiger partial charge in [0.2, 0.25) is 11.8 Å². The Morgan fingerprint density at radius 2 is 1.79 bits per heavy atom. The van der Waals surface area contributed by atoms with Gasteiger partial charge in [-0.3, -0.25) is 9.59 Å². The summed E-state index contributed by atoms with van der Waals surface area (Å²) in [5.41, 5.74) is 1.30. The van der Waals surface area contributed by atoms with Crippen LogP contribution in [0.1, 0.15) is 25.3 Å². The Bertz CT molecular complexity index is 628. The van der Waals surface area contributed by atoms with Crippen LogP contribution in [0.2, 0.25) is 0 Å². The van der Waals surface area contributed by atoms with Gasteiger partial charge in [0.15, 0.2) is 0 Å². The number of likely N-dealkylation sites (tertiary alicyclic amines) is 2. The van der Waals surface area contributed by atoms with Gasteiger partial charge in [0.05, 0.1) is 0 Å². The van der Waals surface area contributed by atoms with Crippen LogP contribution in [0, 0.1) is 11.3 Å². The smallest absolute Gasteiger partial charge is 0.245 e. The summed E-state index contributed by atoms with van der Waals surface area (Å²) in [7, 11) is 0. The first-order valence-corrected chi connectivity index (χ1v) is 8.77. The van der Waals surface area contributed by atoms with Crippen LogP contribution in [0.15, 0.2) is 43.0 Å². The summed E-state index contributed by atoms with van der Waals surface area (Å²) in [6.45, 7) is 8.73. The minimum atomic E-state index is -0.00476. The van der Waals surface area contributed by atoms with Crippen molar-refractivity contribution in [1.29, 1.82) is 0 Å². The Balaban J connectivity index is 1.58. The normalized spacial score (nSPS) is 24.4. The molecule has 4 heteroatoms. The number of nitrogens with zero attached hydrogens (tertiary/aromatic N) is 2. The van der Waals surface area contributed by atoms with E-state index in [4.69, 9.17) is 0 Å². The first-order chi connectivity index (χ1) is 11.5. The van der Waals surface area contributed by atoms with Crippen LogP contribution in [-0.4, -0.2) is 47.8 Å². The van der Waals surface area contributed by atoms with Crippen molar-refractivity contribution in [3.05, 3.63) is 48.6 Å². The van der Waals surface area contributed by atoms with E-state index in [1.807, 2.05) is 34.9 Å². The Kier molecular flexibility index (Phi) is 4.74. The predicted molar refractivity (Wildman–Crippen MR) is 94.3 cm³/mol. The van der Waals surface area contributed by atoms with Gasteiger partial charge >= 0.3 is 0 Å². The summed E-state index contributed by atoms with van der Waals surface area (Å²) >= 11 is 0. The summed E-state index contributed by atoms with van der Waals surface area (Å²) in [6.07, 6.45) is 4.16. The Morgan fingerprint density at radius 3 is 2.46 bits per heavy atom. The molecule has 2 fully saturated rings. The molecule has 0 radical (unpaired) electrons. The van der Waals surface area contributed by atoms with Crippen molar-refractivity contribution < 1.29 is 9.59 Å². The largest absolute Gasteiger partial charge is 0.342 e. The quantitative estimate of drug-likeness (QED) is 0.798. The third-order valence-electron chi connectivity index (χ3n) is 5.48. The van der Waals surface area contributed by atoms with Gasteiger partial charge in [0.1, 0.15) is 0 Å². The molecular formula is C20H26N2O2. The van der Waals surface area contributed by atoms with Crippen LogP contribution in [0.5, 0.6) is 0 Å². The highest BCUT2D eigenvalue weighted by atomic mass is 16.2. The van der Waals surface area contributed by atoms with Crippen LogP contribution in [0.4, 0.5) is 0 Å². The first-order valence-electron chi connectivity index (χ1n) is 8.77. The average Bonchev–Trinajstić information content (AvgIpc) is 3.22. The molecular weight excluding hydrogens is 300 g/mol. The lowest BCUT2D eigenvalue weighted by atomic mass is 9.86. The number of carbonyl (C=O) groups excluding carboxylic acids is 2. The van der Waals surface area contributed by atoms with E-state index < -0.39 is 0 Å². The second-order valence-electron chi connectivity index (χ2n) is 7.31. The number of hydrogen-bond acceptors (Lipinski definition) is 2. The Labute approximate surface area is 144 Å². The van der Waals surface area contributed by atoms with Crippen molar-refractivity contribution in [2.24, 2.45) is 11.3 Å². The Hall–Kier alpha value is -2.10. The average molecular weight is 326 g/mol. The molecule has 2 unspecified atom stereocenters. The first kappa shape index (κ1) is 16.7. The van der Waals surface area contributed by atoms with Crippen LogP contribution >= 0.6 is 0 Å². The highest BCUT2D eigenvalue weighted by Crippen LogP contribution is 2.40. The minimum absolute atomic E-state index is 0.00476. The molecule has 0 aliphatic carbocycles. The summed E-state index contributed by atoms with van der Waals surface area (Å²) < 4.78 is 0. The van der Waals surface area contributed by atoms with Gasteiger partial charge in [-0.05, 0) is 30.9 Å². The molecule has 1 aromatic carbocycles. The molecule has 2 amide bonds. The lowest BCUT2D eigenvalue weighted by molar-refractivity contribution is -0.134. The maximum atomic E-state index is 12.8. The number of amides is 2. The fourth-order valence-corrected chi connectivity index (χ4v) is 4.08. The molecule has 0 N–H and O–H groups in total. The number of carbonyl (C=O) groups is 2. The molecule has 2 atom stereocenters. The maximum absolute atomic E-state index is 12.8. The molecule has 24 heavy (non-hydrogen) atoms. The molecule has 1 spiro atoms. The van der Waals surface area contributed by atoms with Crippen molar-refractivity contribution in [2.75, 3.05) is 26.2 Å². The molecule has 1 aromatic rings. The van der Waals surface area contributed by atoms with Crippen molar-refractivity contribution >= 4 is 11.8 Å². The summed E-state index contributed by atoms with van der Waals surface area (Å²) in [5.74, 6) is 0.244. The van der Waals surface area contributed by atoms with E-state index in [2.05, 4.69) is 18.7 Å².